The minimum Gasteiger partial charge on any atom is -0.338 e. The fourth-order valence-corrected chi connectivity index (χ4v) is 5.63. The van der Waals surface area contributed by atoms with Crippen molar-refractivity contribution in [1.29, 1.82) is 0 Å². The van der Waals surface area contributed by atoms with Crippen molar-refractivity contribution in [2.75, 3.05) is 0 Å². The van der Waals surface area contributed by atoms with Gasteiger partial charge in [-0.2, -0.15) is 4.98 Å². The summed E-state index contributed by atoms with van der Waals surface area (Å²) in [4.78, 5) is 24.2. The third-order valence-corrected chi connectivity index (χ3v) is 7.25. The van der Waals surface area contributed by atoms with Gasteiger partial charge < -0.3 is 4.52 Å². The van der Waals surface area contributed by atoms with Gasteiger partial charge in [-0.15, -0.1) is 11.3 Å². The zero-order valence-electron chi connectivity index (χ0n) is 14.9. The van der Waals surface area contributed by atoms with E-state index in [-0.39, 0.29) is 5.56 Å². The Hall–Kier alpha value is -2.16. The molecule has 0 saturated carbocycles. The lowest BCUT2D eigenvalue weighted by atomic mass is 10.2. The molecule has 0 saturated heterocycles. The van der Waals surface area contributed by atoms with Crippen molar-refractivity contribution >= 4 is 44.9 Å². The lowest BCUT2D eigenvalue weighted by Crippen LogP contribution is -2.20. The highest BCUT2D eigenvalue weighted by molar-refractivity contribution is 7.98. The lowest BCUT2D eigenvalue weighted by Gasteiger charge is -2.06. The van der Waals surface area contributed by atoms with Gasteiger partial charge in [0.15, 0.2) is 5.16 Å². The molecule has 9 heteroatoms. The second-order valence-electron chi connectivity index (χ2n) is 6.60. The largest absolute Gasteiger partial charge is 0.338 e. The van der Waals surface area contributed by atoms with Gasteiger partial charge in [0.25, 0.3) is 5.56 Å². The molecule has 4 aromatic rings. The van der Waals surface area contributed by atoms with E-state index in [4.69, 9.17) is 21.1 Å². The van der Waals surface area contributed by atoms with Crippen molar-refractivity contribution in [1.82, 2.24) is 19.7 Å². The molecule has 1 aliphatic rings. The Labute approximate surface area is 173 Å². The Morgan fingerprint density at radius 1 is 1.25 bits per heavy atom. The van der Waals surface area contributed by atoms with Gasteiger partial charge in [-0.1, -0.05) is 28.5 Å². The van der Waals surface area contributed by atoms with E-state index in [2.05, 4.69) is 10.1 Å². The van der Waals surface area contributed by atoms with Gasteiger partial charge in [0.2, 0.25) is 11.7 Å². The molecular weight excluding hydrogens is 416 g/mol. The highest BCUT2D eigenvalue weighted by atomic mass is 35.5. The lowest BCUT2D eigenvalue weighted by molar-refractivity contribution is 0.391. The summed E-state index contributed by atoms with van der Waals surface area (Å²) in [6.45, 7) is 0. The molecule has 0 bridgehead atoms. The molecule has 3 aromatic heterocycles. The number of rotatable bonds is 4. The summed E-state index contributed by atoms with van der Waals surface area (Å²) in [6, 6.07) is 7.27. The number of nitrogens with zero attached hydrogens (tertiary/aromatic N) is 4. The van der Waals surface area contributed by atoms with Gasteiger partial charge in [0, 0.05) is 22.5 Å². The Morgan fingerprint density at radius 3 is 2.89 bits per heavy atom. The molecule has 5 rings (SSSR count). The zero-order chi connectivity index (χ0) is 19.3. The summed E-state index contributed by atoms with van der Waals surface area (Å²) in [5.41, 5.74) is 2.07. The Bertz CT molecular complexity index is 1240. The van der Waals surface area contributed by atoms with E-state index in [1.165, 1.54) is 22.2 Å². The Kier molecular flexibility index (Phi) is 4.49. The molecule has 142 valence electrons. The maximum atomic E-state index is 12.9. The first-order valence-electron chi connectivity index (χ1n) is 8.83. The number of benzene rings is 1. The quantitative estimate of drug-likeness (QED) is 0.351. The average Bonchev–Trinajstić information content (AvgIpc) is 3.40. The summed E-state index contributed by atoms with van der Waals surface area (Å²) in [5, 5.41) is 6.13. The second kappa shape index (κ2) is 7.02. The normalized spacial score (nSPS) is 13.4. The zero-order valence-corrected chi connectivity index (χ0v) is 17.3. The molecule has 0 aliphatic heterocycles. The van der Waals surface area contributed by atoms with Crippen LogP contribution in [0.25, 0.3) is 21.6 Å². The predicted molar refractivity (Wildman–Crippen MR) is 111 cm³/mol. The van der Waals surface area contributed by atoms with Gasteiger partial charge >= 0.3 is 0 Å². The molecule has 0 spiro atoms. The fraction of sp³-hybridized carbons (Fsp3) is 0.263. The van der Waals surface area contributed by atoms with Crippen LogP contribution in [0.1, 0.15) is 22.8 Å². The van der Waals surface area contributed by atoms with Crippen LogP contribution in [0.15, 0.2) is 38.7 Å². The van der Waals surface area contributed by atoms with Crippen LogP contribution < -0.4 is 5.56 Å². The van der Waals surface area contributed by atoms with Crippen LogP contribution in [0, 0.1) is 0 Å². The van der Waals surface area contributed by atoms with Crippen LogP contribution in [0.3, 0.4) is 0 Å². The first-order valence-corrected chi connectivity index (χ1v) is 11.0. The highest BCUT2D eigenvalue weighted by Crippen LogP contribution is 2.35. The molecule has 0 amide bonds. The second-order valence-corrected chi connectivity index (χ2v) is 9.07. The molecule has 0 atom stereocenters. The molecule has 6 nitrogen and oxygen atoms in total. The van der Waals surface area contributed by atoms with Gasteiger partial charge in [-0.05, 0) is 49.1 Å². The first-order chi connectivity index (χ1) is 13.6. The minimum atomic E-state index is 0.0271. The molecule has 0 fully saturated rings. The maximum absolute atomic E-state index is 12.9. The van der Waals surface area contributed by atoms with Crippen molar-refractivity contribution in [3.63, 3.8) is 0 Å². The maximum Gasteiger partial charge on any atom is 0.262 e. The summed E-state index contributed by atoms with van der Waals surface area (Å²) < 4.78 is 6.97. The van der Waals surface area contributed by atoms with Crippen LogP contribution in [0.2, 0.25) is 5.02 Å². The van der Waals surface area contributed by atoms with E-state index in [0.717, 1.165) is 35.0 Å². The smallest absolute Gasteiger partial charge is 0.262 e. The van der Waals surface area contributed by atoms with Crippen LogP contribution in [-0.4, -0.2) is 19.7 Å². The molecule has 1 aromatic carbocycles. The Balaban J connectivity index is 1.40. The van der Waals surface area contributed by atoms with Gasteiger partial charge in [0.05, 0.1) is 11.1 Å². The molecule has 0 radical (unpaired) electrons. The number of hydrogen-bond donors (Lipinski definition) is 0. The summed E-state index contributed by atoms with van der Waals surface area (Å²) in [6.07, 6.45) is 3.16. The molecule has 0 unspecified atom stereocenters. The number of fused-ring (bicyclic) bond motifs is 3. The van der Waals surface area contributed by atoms with Crippen LogP contribution in [-0.2, 0) is 25.6 Å². The van der Waals surface area contributed by atoms with Crippen LogP contribution >= 0.6 is 34.7 Å². The molecule has 3 heterocycles. The number of thiophene rings is 1. The monoisotopic (exact) mass is 430 g/mol. The number of halogens is 1. The number of hydrogen-bond acceptors (Lipinski definition) is 7. The van der Waals surface area contributed by atoms with Crippen molar-refractivity contribution in [2.24, 2.45) is 7.05 Å². The molecule has 0 N–H and O–H groups in total. The number of aryl methyl sites for hydroxylation is 2. The third kappa shape index (κ3) is 3.05. The summed E-state index contributed by atoms with van der Waals surface area (Å²) in [7, 11) is 1.77. The molecule has 1 aliphatic carbocycles. The van der Waals surface area contributed by atoms with Crippen LogP contribution in [0.4, 0.5) is 0 Å². The number of thioether (sulfide) groups is 1. The van der Waals surface area contributed by atoms with E-state index >= 15 is 0 Å². The van der Waals surface area contributed by atoms with E-state index in [9.17, 15) is 4.79 Å². The predicted octanol–water partition coefficient (Wildman–Crippen LogP) is 4.48. The van der Waals surface area contributed by atoms with E-state index in [0.29, 0.717) is 27.6 Å². The number of aromatic nitrogens is 4. The fourth-order valence-electron chi connectivity index (χ4n) is 3.39. The van der Waals surface area contributed by atoms with Crippen molar-refractivity contribution in [3.8, 4) is 11.4 Å². The highest BCUT2D eigenvalue weighted by Gasteiger charge is 2.22. The van der Waals surface area contributed by atoms with Crippen molar-refractivity contribution < 1.29 is 4.52 Å². The first kappa shape index (κ1) is 17.9. The van der Waals surface area contributed by atoms with Crippen LogP contribution in [0.5, 0.6) is 0 Å². The molecular formula is C19H15ClN4O2S2. The molecule has 28 heavy (non-hydrogen) atoms. The Morgan fingerprint density at radius 2 is 2.07 bits per heavy atom. The van der Waals surface area contributed by atoms with Crippen molar-refractivity contribution in [3.05, 3.63) is 56.0 Å². The van der Waals surface area contributed by atoms with Crippen molar-refractivity contribution in [2.45, 2.75) is 30.2 Å². The SMILES string of the molecule is Cn1c(SCc2nc(-c3ccc(Cl)cc3)no2)nc2sc3c(c2c1=O)CCC3. The van der Waals surface area contributed by atoms with E-state index in [1.54, 1.807) is 35.1 Å². The summed E-state index contributed by atoms with van der Waals surface area (Å²) in [5.74, 6) is 1.44. The van der Waals surface area contributed by atoms with E-state index in [1.807, 2.05) is 12.1 Å². The minimum absolute atomic E-state index is 0.0271. The van der Waals surface area contributed by atoms with Gasteiger partial charge in [0.1, 0.15) is 4.83 Å². The van der Waals surface area contributed by atoms with Gasteiger partial charge in [-0.3, -0.25) is 9.36 Å². The average molecular weight is 431 g/mol. The topological polar surface area (TPSA) is 73.8 Å². The third-order valence-electron chi connectivity index (χ3n) is 4.80. The summed E-state index contributed by atoms with van der Waals surface area (Å²) >= 11 is 8.98. The van der Waals surface area contributed by atoms with E-state index < -0.39 is 0 Å². The standard InChI is InChI=1S/C19H15ClN4O2S2/c1-24-18(25)15-12-3-2-4-13(12)28-17(15)22-19(24)27-9-14-21-16(23-26-14)10-5-7-11(20)8-6-10/h5-8H,2-4,9H2,1H3. The van der Waals surface area contributed by atoms with Gasteiger partial charge in [-0.25, -0.2) is 4.98 Å².